The summed E-state index contributed by atoms with van der Waals surface area (Å²) >= 11 is 11.9. The predicted molar refractivity (Wildman–Crippen MR) is 72.5 cm³/mol. The number of piperidine rings is 1. The van der Waals surface area contributed by atoms with E-state index in [-0.39, 0.29) is 0 Å². The zero-order valence-electron chi connectivity index (χ0n) is 9.90. The lowest BCUT2D eigenvalue weighted by Gasteiger charge is -2.30. The van der Waals surface area contributed by atoms with E-state index in [1.54, 1.807) is 0 Å². The molecule has 0 radical (unpaired) electrons. The molecule has 1 aromatic rings. The molecular weight excluding hydrogens is 273 g/mol. The van der Waals surface area contributed by atoms with Gasteiger partial charge in [-0.25, -0.2) is 4.79 Å². The highest BCUT2D eigenvalue weighted by Crippen LogP contribution is 2.26. The molecule has 0 aliphatic carbocycles. The van der Waals surface area contributed by atoms with E-state index in [1.807, 2.05) is 18.2 Å². The van der Waals surface area contributed by atoms with Crippen LogP contribution in [0.25, 0.3) is 0 Å². The molecule has 0 aromatic heterocycles. The Morgan fingerprint density at radius 3 is 2.50 bits per heavy atom. The fourth-order valence-corrected chi connectivity index (χ4v) is 2.65. The first kappa shape index (κ1) is 13.5. The molecule has 0 spiro atoms. The standard InChI is InChI=1S/C13H15Cl2NO2/c14-11-2-1-10(8-12(11)15)7-9-3-5-16(6-4-9)13(17)18/h1-2,8-9H,3-7H2,(H,17,18). The summed E-state index contributed by atoms with van der Waals surface area (Å²) in [5.74, 6) is 0.526. The third-order valence-corrected chi connectivity index (χ3v) is 4.13. The van der Waals surface area contributed by atoms with Gasteiger partial charge >= 0.3 is 6.09 Å². The van der Waals surface area contributed by atoms with E-state index in [1.165, 1.54) is 4.90 Å². The third-order valence-electron chi connectivity index (χ3n) is 3.39. The zero-order chi connectivity index (χ0) is 13.1. The number of nitrogens with zero attached hydrogens (tertiary/aromatic N) is 1. The van der Waals surface area contributed by atoms with Crippen molar-refractivity contribution in [3.05, 3.63) is 33.8 Å². The second-order valence-corrected chi connectivity index (χ2v) is 5.48. The molecule has 98 valence electrons. The van der Waals surface area contributed by atoms with Crippen molar-refractivity contribution in [1.29, 1.82) is 0 Å². The number of carboxylic acid groups (broad SMARTS) is 1. The van der Waals surface area contributed by atoms with Crippen LogP contribution in [0.4, 0.5) is 4.79 Å². The van der Waals surface area contributed by atoms with Gasteiger partial charge in [0, 0.05) is 13.1 Å². The first-order valence-electron chi connectivity index (χ1n) is 5.98. The molecule has 1 N–H and O–H groups in total. The van der Waals surface area contributed by atoms with Crippen LogP contribution in [-0.2, 0) is 6.42 Å². The van der Waals surface area contributed by atoms with E-state index >= 15 is 0 Å². The van der Waals surface area contributed by atoms with Crippen LogP contribution in [0.1, 0.15) is 18.4 Å². The maximum Gasteiger partial charge on any atom is 0.407 e. The molecule has 1 aliphatic rings. The van der Waals surface area contributed by atoms with E-state index in [0.717, 1.165) is 24.8 Å². The predicted octanol–water partition coefficient (Wildman–Crippen LogP) is 3.93. The minimum atomic E-state index is -0.817. The number of benzene rings is 1. The molecule has 0 unspecified atom stereocenters. The molecule has 1 fully saturated rings. The van der Waals surface area contributed by atoms with E-state index < -0.39 is 6.09 Å². The molecular formula is C13H15Cl2NO2. The number of halogens is 2. The summed E-state index contributed by atoms with van der Waals surface area (Å²) in [7, 11) is 0. The summed E-state index contributed by atoms with van der Waals surface area (Å²) in [6.07, 6.45) is 1.94. The lowest BCUT2D eigenvalue weighted by Crippen LogP contribution is -2.37. The van der Waals surface area contributed by atoms with Gasteiger partial charge in [-0.15, -0.1) is 0 Å². The molecule has 1 amide bonds. The van der Waals surface area contributed by atoms with Crippen molar-refractivity contribution in [1.82, 2.24) is 4.90 Å². The Bertz CT molecular complexity index is 443. The molecule has 3 nitrogen and oxygen atoms in total. The minimum absolute atomic E-state index is 0.526. The lowest BCUT2D eigenvalue weighted by atomic mass is 9.90. The summed E-state index contributed by atoms with van der Waals surface area (Å²) < 4.78 is 0. The van der Waals surface area contributed by atoms with Crippen molar-refractivity contribution < 1.29 is 9.90 Å². The van der Waals surface area contributed by atoms with Gasteiger partial charge in [0.2, 0.25) is 0 Å². The third kappa shape index (κ3) is 3.30. The number of likely N-dealkylation sites (tertiary alicyclic amines) is 1. The molecule has 0 bridgehead atoms. The van der Waals surface area contributed by atoms with E-state index in [4.69, 9.17) is 28.3 Å². The molecule has 18 heavy (non-hydrogen) atoms. The summed E-state index contributed by atoms with van der Waals surface area (Å²) in [6.45, 7) is 1.25. The van der Waals surface area contributed by atoms with Crippen LogP contribution in [0.5, 0.6) is 0 Å². The van der Waals surface area contributed by atoms with Gasteiger partial charge in [-0.1, -0.05) is 29.3 Å². The first-order valence-corrected chi connectivity index (χ1v) is 6.73. The van der Waals surface area contributed by atoms with Crippen LogP contribution in [-0.4, -0.2) is 29.2 Å². The normalized spacial score (nSPS) is 16.9. The Morgan fingerprint density at radius 1 is 1.28 bits per heavy atom. The van der Waals surface area contributed by atoms with Gasteiger partial charge in [0.15, 0.2) is 0 Å². The molecule has 1 aromatic carbocycles. The van der Waals surface area contributed by atoms with Gasteiger partial charge < -0.3 is 10.0 Å². The van der Waals surface area contributed by atoms with Gasteiger partial charge in [0.05, 0.1) is 10.0 Å². The fourth-order valence-electron chi connectivity index (χ4n) is 2.33. The molecule has 1 saturated heterocycles. The van der Waals surface area contributed by atoms with Crippen LogP contribution in [0.15, 0.2) is 18.2 Å². The number of hydrogen-bond acceptors (Lipinski definition) is 1. The van der Waals surface area contributed by atoms with E-state index in [0.29, 0.717) is 29.1 Å². The lowest BCUT2D eigenvalue weighted by molar-refractivity contribution is 0.124. The van der Waals surface area contributed by atoms with Crippen LogP contribution in [0.3, 0.4) is 0 Å². The summed E-state index contributed by atoms with van der Waals surface area (Å²) in [5.41, 5.74) is 1.16. The van der Waals surface area contributed by atoms with Gasteiger partial charge in [0.25, 0.3) is 0 Å². The SMILES string of the molecule is O=C(O)N1CCC(Cc2ccc(Cl)c(Cl)c2)CC1. The Morgan fingerprint density at radius 2 is 1.94 bits per heavy atom. The van der Waals surface area contributed by atoms with Crippen molar-refractivity contribution in [3.8, 4) is 0 Å². The minimum Gasteiger partial charge on any atom is -0.465 e. The highest BCUT2D eigenvalue weighted by molar-refractivity contribution is 6.42. The van der Waals surface area contributed by atoms with Crippen molar-refractivity contribution in [2.45, 2.75) is 19.3 Å². The average molecular weight is 288 g/mol. The van der Waals surface area contributed by atoms with Crippen molar-refractivity contribution in [2.24, 2.45) is 5.92 Å². The zero-order valence-corrected chi connectivity index (χ0v) is 11.4. The monoisotopic (exact) mass is 287 g/mol. The summed E-state index contributed by atoms with van der Waals surface area (Å²) in [6, 6.07) is 5.69. The highest BCUT2D eigenvalue weighted by Gasteiger charge is 2.22. The maximum atomic E-state index is 10.8. The van der Waals surface area contributed by atoms with Crippen molar-refractivity contribution in [2.75, 3.05) is 13.1 Å². The first-order chi connectivity index (χ1) is 8.56. The Kier molecular flexibility index (Phi) is 4.36. The molecule has 2 rings (SSSR count). The van der Waals surface area contributed by atoms with E-state index in [9.17, 15) is 4.79 Å². The molecule has 0 atom stereocenters. The smallest absolute Gasteiger partial charge is 0.407 e. The highest BCUT2D eigenvalue weighted by atomic mass is 35.5. The summed E-state index contributed by atoms with van der Waals surface area (Å²) in [4.78, 5) is 12.3. The quantitative estimate of drug-likeness (QED) is 0.895. The Labute approximate surface area is 116 Å². The number of carbonyl (C=O) groups is 1. The van der Waals surface area contributed by atoms with Crippen LogP contribution < -0.4 is 0 Å². The average Bonchev–Trinajstić information content (AvgIpc) is 2.34. The van der Waals surface area contributed by atoms with E-state index in [2.05, 4.69) is 0 Å². The fraction of sp³-hybridized carbons (Fsp3) is 0.462. The second-order valence-electron chi connectivity index (χ2n) is 4.67. The number of rotatable bonds is 2. The largest absolute Gasteiger partial charge is 0.465 e. The second kappa shape index (κ2) is 5.81. The van der Waals surface area contributed by atoms with Crippen LogP contribution in [0.2, 0.25) is 10.0 Å². The van der Waals surface area contributed by atoms with Crippen molar-refractivity contribution in [3.63, 3.8) is 0 Å². The summed E-state index contributed by atoms with van der Waals surface area (Å²) in [5, 5.41) is 10.0. The van der Waals surface area contributed by atoms with Gasteiger partial charge in [0.1, 0.15) is 0 Å². The van der Waals surface area contributed by atoms with Crippen molar-refractivity contribution >= 4 is 29.3 Å². The van der Waals surface area contributed by atoms with Crippen LogP contribution in [0, 0.1) is 5.92 Å². The molecule has 1 aliphatic heterocycles. The van der Waals surface area contributed by atoms with Crippen LogP contribution >= 0.6 is 23.2 Å². The maximum absolute atomic E-state index is 10.8. The molecule has 5 heteroatoms. The van der Waals surface area contributed by atoms with Gasteiger partial charge in [-0.3, -0.25) is 0 Å². The Balaban J connectivity index is 1.91. The molecule has 0 saturated carbocycles. The van der Waals surface area contributed by atoms with Gasteiger partial charge in [-0.2, -0.15) is 0 Å². The number of hydrogen-bond donors (Lipinski definition) is 1. The van der Waals surface area contributed by atoms with Gasteiger partial charge in [-0.05, 0) is 42.9 Å². The Hall–Kier alpha value is -0.930. The molecule has 1 heterocycles. The topological polar surface area (TPSA) is 40.5 Å². The number of amides is 1.